The van der Waals surface area contributed by atoms with E-state index in [-0.39, 0.29) is 0 Å². The van der Waals surface area contributed by atoms with Gasteiger partial charge in [-0.1, -0.05) is 31.2 Å². The van der Waals surface area contributed by atoms with E-state index in [4.69, 9.17) is 0 Å². The van der Waals surface area contributed by atoms with Gasteiger partial charge in [0.1, 0.15) is 0 Å². The molecular formula is C13H14N6S. The van der Waals surface area contributed by atoms with Crippen LogP contribution < -0.4 is 5.32 Å². The molecule has 0 atom stereocenters. The van der Waals surface area contributed by atoms with E-state index >= 15 is 0 Å². The lowest BCUT2D eigenvalue weighted by atomic mass is 10.1. The van der Waals surface area contributed by atoms with E-state index in [1.807, 2.05) is 30.5 Å². The third-order valence-corrected chi connectivity index (χ3v) is 4.04. The summed E-state index contributed by atoms with van der Waals surface area (Å²) in [6.07, 6.45) is 2.93. The highest BCUT2D eigenvalue weighted by Gasteiger charge is 2.09. The number of hydrogen-bond acceptors (Lipinski definition) is 6. The summed E-state index contributed by atoms with van der Waals surface area (Å²) in [5.74, 6) is 0.607. The number of hydrogen-bond donors (Lipinski definition) is 2. The summed E-state index contributed by atoms with van der Waals surface area (Å²) in [7, 11) is 0. The lowest BCUT2D eigenvalue weighted by Gasteiger charge is -2.06. The maximum Gasteiger partial charge on any atom is 0.205 e. The Kier molecular flexibility index (Phi) is 3.69. The Morgan fingerprint density at radius 3 is 2.95 bits per heavy atom. The molecule has 0 aliphatic heterocycles. The predicted molar refractivity (Wildman–Crippen MR) is 78.4 cm³/mol. The SMILES string of the molecule is CCc1cnc(NCc2ccccc2-c2nn[nH]n2)s1. The molecule has 0 saturated heterocycles. The summed E-state index contributed by atoms with van der Waals surface area (Å²) in [5.41, 5.74) is 2.09. The molecule has 102 valence electrons. The third-order valence-electron chi connectivity index (χ3n) is 2.94. The van der Waals surface area contributed by atoms with Crippen molar-refractivity contribution in [2.45, 2.75) is 19.9 Å². The Bertz CT molecular complexity index is 676. The summed E-state index contributed by atoms with van der Waals surface area (Å²) < 4.78 is 0. The summed E-state index contributed by atoms with van der Waals surface area (Å²) in [4.78, 5) is 5.63. The molecule has 0 bridgehead atoms. The van der Waals surface area contributed by atoms with Crippen LogP contribution in [0.4, 0.5) is 5.13 Å². The first-order valence-electron chi connectivity index (χ1n) is 6.37. The molecule has 2 aromatic heterocycles. The zero-order valence-corrected chi connectivity index (χ0v) is 11.8. The summed E-state index contributed by atoms with van der Waals surface area (Å²) in [6.45, 7) is 2.81. The number of aryl methyl sites for hydroxylation is 1. The van der Waals surface area contributed by atoms with Crippen LogP contribution in [0, 0.1) is 0 Å². The van der Waals surface area contributed by atoms with E-state index in [0.29, 0.717) is 12.4 Å². The third kappa shape index (κ3) is 2.67. The van der Waals surface area contributed by atoms with Crippen molar-refractivity contribution in [3.05, 3.63) is 40.9 Å². The second kappa shape index (κ2) is 5.79. The first-order valence-corrected chi connectivity index (χ1v) is 7.18. The van der Waals surface area contributed by atoms with Crippen molar-refractivity contribution in [2.75, 3.05) is 5.32 Å². The number of nitrogens with zero attached hydrogens (tertiary/aromatic N) is 4. The highest BCUT2D eigenvalue weighted by Crippen LogP contribution is 2.22. The van der Waals surface area contributed by atoms with E-state index < -0.39 is 0 Å². The lowest BCUT2D eigenvalue weighted by molar-refractivity contribution is 0.881. The topological polar surface area (TPSA) is 79.4 Å². The maximum atomic E-state index is 4.35. The zero-order valence-electron chi connectivity index (χ0n) is 11.0. The molecule has 2 N–H and O–H groups in total. The summed E-state index contributed by atoms with van der Waals surface area (Å²) >= 11 is 1.68. The minimum atomic E-state index is 0.607. The fraction of sp³-hybridized carbons (Fsp3) is 0.231. The molecule has 0 radical (unpaired) electrons. The van der Waals surface area contributed by atoms with Crippen molar-refractivity contribution in [2.24, 2.45) is 0 Å². The van der Waals surface area contributed by atoms with Crippen LogP contribution in [0.15, 0.2) is 30.5 Å². The molecule has 6 nitrogen and oxygen atoms in total. The molecule has 2 heterocycles. The van der Waals surface area contributed by atoms with Crippen molar-refractivity contribution in [1.29, 1.82) is 0 Å². The zero-order chi connectivity index (χ0) is 13.8. The second-order valence-electron chi connectivity index (χ2n) is 4.23. The summed E-state index contributed by atoms with van der Waals surface area (Å²) in [5, 5.41) is 18.4. The molecule has 7 heteroatoms. The molecule has 0 aliphatic carbocycles. The fourth-order valence-corrected chi connectivity index (χ4v) is 2.64. The van der Waals surface area contributed by atoms with Gasteiger partial charge in [0, 0.05) is 23.2 Å². The van der Waals surface area contributed by atoms with Gasteiger partial charge >= 0.3 is 0 Å². The molecular weight excluding hydrogens is 272 g/mol. The Balaban J connectivity index is 1.77. The molecule has 0 saturated carbocycles. The number of aromatic amines is 1. The van der Waals surface area contributed by atoms with E-state index in [9.17, 15) is 0 Å². The van der Waals surface area contributed by atoms with E-state index in [2.05, 4.69) is 37.8 Å². The monoisotopic (exact) mass is 286 g/mol. The van der Waals surface area contributed by atoms with Gasteiger partial charge in [0.25, 0.3) is 0 Å². The van der Waals surface area contributed by atoms with Crippen molar-refractivity contribution in [3.63, 3.8) is 0 Å². The van der Waals surface area contributed by atoms with Crippen molar-refractivity contribution in [1.82, 2.24) is 25.6 Å². The minimum absolute atomic E-state index is 0.607. The van der Waals surface area contributed by atoms with Gasteiger partial charge in [-0.15, -0.1) is 21.5 Å². The van der Waals surface area contributed by atoms with Gasteiger partial charge in [-0.25, -0.2) is 4.98 Å². The van der Waals surface area contributed by atoms with Crippen LogP contribution in [-0.2, 0) is 13.0 Å². The number of thiazole rings is 1. The maximum absolute atomic E-state index is 4.35. The number of tetrazole rings is 1. The average Bonchev–Trinajstić information content (AvgIpc) is 3.17. The quantitative estimate of drug-likeness (QED) is 0.753. The van der Waals surface area contributed by atoms with Crippen molar-refractivity contribution < 1.29 is 0 Å². The largest absolute Gasteiger partial charge is 0.357 e. The molecule has 1 aromatic carbocycles. The van der Waals surface area contributed by atoms with Gasteiger partial charge in [-0.2, -0.15) is 5.21 Å². The van der Waals surface area contributed by atoms with Gasteiger partial charge in [0.15, 0.2) is 5.13 Å². The number of nitrogens with one attached hydrogen (secondary N) is 2. The van der Waals surface area contributed by atoms with Gasteiger partial charge in [-0.3, -0.25) is 0 Å². The predicted octanol–water partition coefficient (Wildman–Crippen LogP) is 2.50. The van der Waals surface area contributed by atoms with Crippen LogP contribution in [0.5, 0.6) is 0 Å². The van der Waals surface area contributed by atoms with Gasteiger partial charge < -0.3 is 5.32 Å². The van der Waals surface area contributed by atoms with Crippen LogP contribution in [0.3, 0.4) is 0 Å². The molecule has 0 unspecified atom stereocenters. The van der Waals surface area contributed by atoms with Gasteiger partial charge in [0.05, 0.1) is 0 Å². The number of H-pyrrole nitrogens is 1. The number of anilines is 1. The van der Waals surface area contributed by atoms with Crippen LogP contribution in [-0.4, -0.2) is 25.6 Å². The Morgan fingerprint density at radius 1 is 1.30 bits per heavy atom. The van der Waals surface area contributed by atoms with Crippen LogP contribution in [0.1, 0.15) is 17.4 Å². The molecule has 3 aromatic rings. The van der Waals surface area contributed by atoms with Crippen LogP contribution in [0.2, 0.25) is 0 Å². The minimum Gasteiger partial charge on any atom is -0.357 e. The van der Waals surface area contributed by atoms with Crippen molar-refractivity contribution >= 4 is 16.5 Å². The average molecular weight is 286 g/mol. The normalized spacial score (nSPS) is 10.7. The molecule has 0 aliphatic rings. The van der Waals surface area contributed by atoms with E-state index in [0.717, 1.165) is 22.7 Å². The Hall–Kier alpha value is -2.28. The highest BCUT2D eigenvalue weighted by molar-refractivity contribution is 7.15. The number of aromatic nitrogens is 5. The number of benzene rings is 1. The van der Waals surface area contributed by atoms with Crippen LogP contribution >= 0.6 is 11.3 Å². The van der Waals surface area contributed by atoms with Crippen molar-refractivity contribution in [3.8, 4) is 11.4 Å². The Morgan fingerprint density at radius 2 is 2.20 bits per heavy atom. The molecule has 3 rings (SSSR count). The first kappa shape index (κ1) is 12.7. The smallest absolute Gasteiger partial charge is 0.205 e. The molecule has 20 heavy (non-hydrogen) atoms. The highest BCUT2D eigenvalue weighted by atomic mass is 32.1. The fourth-order valence-electron chi connectivity index (χ4n) is 1.89. The second-order valence-corrected chi connectivity index (χ2v) is 5.35. The van der Waals surface area contributed by atoms with E-state index in [1.165, 1.54) is 4.88 Å². The van der Waals surface area contributed by atoms with Gasteiger partial charge in [-0.05, 0) is 17.2 Å². The lowest BCUT2D eigenvalue weighted by Crippen LogP contribution is -2.01. The molecule has 0 spiro atoms. The molecule has 0 amide bonds. The standard InChI is InChI=1S/C13H14N6S/c1-2-10-8-15-13(20-10)14-7-9-5-3-4-6-11(9)12-16-18-19-17-12/h3-6,8H,2,7H2,1H3,(H,14,15)(H,16,17,18,19). The number of rotatable bonds is 5. The Labute approximate surface area is 120 Å². The first-order chi connectivity index (χ1) is 9.86. The molecule has 0 fully saturated rings. The summed E-state index contributed by atoms with van der Waals surface area (Å²) in [6, 6.07) is 8.00. The van der Waals surface area contributed by atoms with Crippen LogP contribution in [0.25, 0.3) is 11.4 Å². The van der Waals surface area contributed by atoms with E-state index in [1.54, 1.807) is 11.3 Å². The van der Waals surface area contributed by atoms with Gasteiger partial charge in [0.2, 0.25) is 5.82 Å².